The molecule has 28 heavy (non-hydrogen) atoms. The Kier molecular flexibility index (Phi) is 7.61. The van der Waals surface area contributed by atoms with Crippen molar-refractivity contribution in [1.82, 2.24) is 0 Å². The molecule has 0 fully saturated rings. The summed E-state index contributed by atoms with van der Waals surface area (Å²) in [5, 5.41) is 0. The maximum absolute atomic E-state index is 11.8. The number of esters is 2. The Morgan fingerprint density at radius 1 is 1.11 bits per heavy atom. The summed E-state index contributed by atoms with van der Waals surface area (Å²) in [6.07, 6.45) is 7.07. The molecule has 152 valence electrons. The van der Waals surface area contributed by atoms with Crippen molar-refractivity contribution in [3.63, 3.8) is 0 Å². The maximum Gasteiger partial charge on any atom is 0.308 e. The van der Waals surface area contributed by atoms with E-state index in [1.165, 1.54) is 19.4 Å². The molecule has 0 bridgehead atoms. The Bertz CT molecular complexity index is 751. The van der Waals surface area contributed by atoms with E-state index in [9.17, 15) is 9.59 Å². The van der Waals surface area contributed by atoms with Crippen LogP contribution in [0.5, 0.6) is 11.5 Å². The molecule has 1 aliphatic rings. The molecule has 1 aromatic rings. The molecule has 2 atom stereocenters. The minimum Gasteiger partial charge on any atom is -0.426 e. The van der Waals surface area contributed by atoms with E-state index >= 15 is 0 Å². The minimum atomic E-state index is -0.383. The molecule has 1 aromatic carbocycles. The van der Waals surface area contributed by atoms with Gasteiger partial charge in [-0.25, -0.2) is 0 Å². The van der Waals surface area contributed by atoms with E-state index in [-0.39, 0.29) is 23.8 Å². The fourth-order valence-corrected chi connectivity index (χ4v) is 3.89. The Morgan fingerprint density at radius 3 is 2.14 bits per heavy atom. The van der Waals surface area contributed by atoms with Gasteiger partial charge in [-0.05, 0) is 63.1 Å². The lowest BCUT2D eigenvalue weighted by atomic mass is 9.73. The lowest BCUT2D eigenvalue weighted by molar-refractivity contribution is -0.132. The first-order valence-corrected chi connectivity index (χ1v) is 10.1. The third kappa shape index (κ3) is 5.57. The van der Waals surface area contributed by atoms with Crippen LogP contribution in [0.1, 0.15) is 77.3 Å². The van der Waals surface area contributed by atoms with E-state index < -0.39 is 0 Å². The summed E-state index contributed by atoms with van der Waals surface area (Å²) in [5.74, 6) is 0.361. The Hall–Kier alpha value is -2.36. The molecule has 0 saturated heterocycles. The van der Waals surface area contributed by atoms with Crippen LogP contribution in [-0.2, 0) is 16.0 Å². The van der Waals surface area contributed by atoms with Gasteiger partial charge in [-0.3, -0.25) is 9.59 Å². The van der Waals surface area contributed by atoms with Gasteiger partial charge >= 0.3 is 11.9 Å². The molecule has 0 unspecified atom stereocenters. The van der Waals surface area contributed by atoms with Gasteiger partial charge in [-0.1, -0.05) is 37.1 Å². The number of carbonyl (C=O) groups excluding carboxylic acids is 2. The van der Waals surface area contributed by atoms with Gasteiger partial charge in [0.2, 0.25) is 0 Å². The zero-order valence-corrected chi connectivity index (χ0v) is 17.8. The Balaban J connectivity index is 2.69. The number of unbranched alkanes of at least 4 members (excludes halogenated alkanes) is 1. The normalized spacial score (nSPS) is 19.0. The molecule has 4 heteroatoms. The van der Waals surface area contributed by atoms with Crippen LogP contribution in [0.3, 0.4) is 0 Å². The predicted molar refractivity (Wildman–Crippen MR) is 112 cm³/mol. The molecule has 1 aliphatic carbocycles. The summed E-state index contributed by atoms with van der Waals surface area (Å²) < 4.78 is 11.2. The Morgan fingerprint density at radius 2 is 1.68 bits per heavy atom. The number of hydrogen-bond acceptors (Lipinski definition) is 4. The van der Waals surface area contributed by atoms with Crippen molar-refractivity contribution in [2.75, 3.05) is 0 Å². The highest BCUT2D eigenvalue weighted by atomic mass is 16.5. The van der Waals surface area contributed by atoms with Gasteiger partial charge in [0, 0.05) is 25.3 Å². The Labute approximate surface area is 168 Å². The van der Waals surface area contributed by atoms with Crippen molar-refractivity contribution in [2.45, 2.75) is 72.6 Å². The third-order valence-electron chi connectivity index (χ3n) is 5.20. The first-order valence-electron chi connectivity index (χ1n) is 10.1. The molecule has 0 saturated carbocycles. The van der Waals surface area contributed by atoms with Gasteiger partial charge in [0.25, 0.3) is 0 Å². The molecule has 2 rings (SSSR count). The van der Waals surface area contributed by atoms with Gasteiger partial charge in [0.1, 0.15) is 11.5 Å². The monoisotopic (exact) mass is 384 g/mol. The summed E-state index contributed by atoms with van der Waals surface area (Å²) in [6, 6.07) is 3.85. The standard InChI is InChI=1S/C24H32O4/c1-7-8-9-19-13-22(27-17(5)25)24(23(14-19)28-18(6)26)21-12-16(4)10-11-20(21)15(2)3/h12-14,20-21H,2,7-11H2,1,3-6H3/t20-,21+/m0/s1. The lowest BCUT2D eigenvalue weighted by Gasteiger charge is -2.32. The highest BCUT2D eigenvalue weighted by Gasteiger charge is 2.32. The van der Waals surface area contributed by atoms with Gasteiger partial charge in [-0.15, -0.1) is 0 Å². The second-order valence-electron chi connectivity index (χ2n) is 7.83. The van der Waals surface area contributed by atoms with Crippen LogP contribution in [0.2, 0.25) is 0 Å². The molecule has 0 amide bonds. The summed E-state index contributed by atoms with van der Waals surface area (Å²) >= 11 is 0. The van der Waals surface area contributed by atoms with Crippen molar-refractivity contribution in [3.8, 4) is 11.5 Å². The third-order valence-corrected chi connectivity index (χ3v) is 5.20. The van der Waals surface area contributed by atoms with Crippen LogP contribution in [0.25, 0.3) is 0 Å². The first-order chi connectivity index (χ1) is 13.2. The van der Waals surface area contributed by atoms with E-state index in [4.69, 9.17) is 9.47 Å². The number of carbonyl (C=O) groups is 2. The van der Waals surface area contributed by atoms with Crippen molar-refractivity contribution in [3.05, 3.63) is 47.1 Å². The summed E-state index contributed by atoms with van der Waals surface area (Å²) in [6.45, 7) is 13.2. The van der Waals surface area contributed by atoms with Crippen molar-refractivity contribution >= 4 is 11.9 Å². The maximum atomic E-state index is 11.8. The number of ether oxygens (including phenoxy) is 2. The molecule has 4 nitrogen and oxygen atoms in total. The first kappa shape index (κ1) is 21.9. The summed E-state index contributed by atoms with van der Waals surface area (Å²) in [5.41, 5.74) is 4.12. The van der Waals surface area contributed by atoms with Crippen molar-refractivity contribution < 1.29 is 19.1 Å². The van der Waals surface area contributed by atoms with Crippen LogP contribution >= 0.6 is 0 Å². The number of hydrogen-bond donors (Lipinski definition) is 0. The largest absolute Gasteiger partial charge is 0.426 e. The van der Waals surface area contributed by atoms with E-state index in [1.807, 2.05) is 19.1 Å². The quantitative estimate of drug-likeness (QED) is 0.334. The smallest absolute Gasteiger partial charge is 0.308 e. The molecular formula is C24H32O4. The fraction of sp³-hybridized carbons (Fsp3) is 0.500. The van der Waals surface area contributed by atoms with Crippen molar-refractivity contribution in [1.29, 1.82) is 0 Å². The second-order valence-corrected chi connectivity index (χ2v) is 7.83. The SMILES string of the molecule is C=C(C)[C@@H]1CCC(C)=C[C@H]1c1c(OC(C)=O)cc(CCCC)cc1OC(C)=O. The number of benzene rings is 1. The van der Waals surface area contributed by atoms with Gasteiger partial charge in [0.15, 0.2) is 0 Å². The topological polar surface area (TPSA) is 52.6 Å². The van der Waals surface area contributed by atoms with Crippen LogP contribution in [0.15, 0.2) is 35.9 Å². The number of aryl methyl sites for hydroxylation is 1. The molecule has 0 spiro atoms. The van der Waals surface area contributed by atoms with E-state index in [0.29, 0.717) is 11.5 Å². The molecule has 0 radical (unpaired) electrons. The van der Waals surface area contributed by atoms with Gasteiger partial charge < -0.3 is 9.47 Å². The van der Waals surface area contributed by atoms with E-state index in [0.717, 1.165) is 48.8 Å². The number of rotatable bonds is 7. The lowest BCUT2D eigenvalue weighted by Crippen LogP contribution is -2.20. The molecule has 0 aliphatic heterocycles. The zero-order chi connectivity index (χ0) is 20.8. The van der Waals surface area contributed by atoms with Crippen molar-refractivity contribution in [2.24, 2.45) is 5.92 Å². The summed E-state index contributed by atoms with van der Waals surface area (Å²) in [4.78, 5) is 23.6. The van der Waals surface area contributed by atoms with Crippen LogP contribution in [0, 0.1) is 5.92 Å². The van der Waals surface area contributed by atoms with E-state index in [2.05, 4.69) is 26.5 Å². The molecule has 0 aromatic heterocycles. The highest BCUT2D eigenvalue weighted by molar-refractivity contribution is 5.73. The van der Waals surface area contributed by atoms with Gasteiger partial charge in [0.05, 0.1) is 0 Å². The van der Waals surface area contributed by atoms with Crippen LogP contribution in [-0.4, -0.2) is 11.9 Å². The molecule has 0 heterocycles. The van der Waals surface area contributed by atoms with E-state index in [1.54, 1.807) is 0 Å². The van der Waals surface area contributed by atoms with Crippen LogP contribution < -0.4 is 9.47 Å². The zero-order valence-electron chi connectivity index (χ0n) is 17.8. The summed E-state index contributed by atoms with van der Waals surface area (Å²) in [7, 11) is 0. The number of allylic oxidation sites excluding steroid dienone is 3. The fourth-order valence-electron chi connectivity index (χ4n) is 3.89. The average molecular weight is 385 g/mol. The molecule has 0 N–H and O–H groups in total. The predicted octanol–water partition coefficient (Wildman–Crippen LogP) is 5.90. The molecular weight excluding hydrogens is 352 g/mol. The van der Waals surface area contributed by atoms with Crippen LogP contribution in [0.4, 0.5) is 0 Å². The second kappa shape index (κ2) is 9.72. The minimum absolute atomic E-state index is 0.0461. The highest BCUT2D eigenvalue weighted by Crippen LogP contribution is 2.47. The van der Waals surface area contributed by atoms with Gasteiger partial charge in [-0.2, -0.15) is 0 Å². The average Bonchev–Trinajstić information content (AvgIpc) is 2.58.